The monoisotopic (exact) mass is 371 g/mol. The van der Waals surface area contributed by atoms with E-state index in [2.05, 4.69) is 15.6 Å². The van der Waals surface area contributed by atoms with E-state index in [1.54, 1.807) is 21.3 Å². The Bertz CT molecular complexity index is 802. The van der Waals surface area contributed by atoms with Crippen LogP contribution in [-0.2, 0) is 12.0 Å². The van der Waals surface area contributed by atoms with E-state index in [1.807, 2.05) is 30.3 Å². The highest BCUT2D eigenvalue weighted by Gasteiger charge is 2.44. The highest BCUT2D eigenvalue weighted by atomic mass is 19.1. The van der Waals surface area contributed by atoms with Crippen LogP contribution in [0.1, 0.15) is 24.0 Å². The van der Waals surface area contributed by atoms with Gasteiger partial charge < -0.3 is 20.1 Å². The minimum absolute atomic E-state index is 0.0725. The molecule has 0 aliphatic heterocycles. The molecule has 0 atom stereocenters. The third-order valence-electron chi connectivity index (χ3n) is 5.07. The normalized spacial score (nSPS) is 15.2. The summed E-state index contributed by atoms with van der Waals surface area (Å²) in [7, 11) is 5.02. The Morgan fingerprint density at radius 2 is 1.81 bits per heavy atom. The molecular weight excluding hydrogens is 345 g/mol. The van der Waals surface area contributed by atoms with Gasteiger partial charge in [0.1, 0.15) is 17.3 Å². The molecule has 0 saturated heterocycles. The third kappa shape index (κ3) is 4.51. The van der Waals surface area contributed by atoms with Gasteiger partial charge in [0, 0.05) is 37.2 Å². The molecule has 144 valence electrons. The number of ether oxygens (including phenoxy) is 2. The molecule has 2 aromatic rings. The van der Waals surface area contributed by atoms with Gasteiger partial charge in [0.05, 0.1) is 14.2 Å². The summed E-state index contributed by atoms with van der Waals surface area (Å²) in [5.41, 5.74) is 2.26. The first-order valence-electron chi connectivity index (χ1n) is 9.02. The van der Waals surface area contributed by atoms with Crippen molar-refractivity contribution >= 4 is 5.96 Å². The molecule has 2 N–H and O–H groups in total. The molecule has 0 radical (unpaired) electrons. The van der Waals surface area contributed by atoms with Crippen LogP contribution in [0.2, 0.25) is 0 Å². The minimum atomic E-state index is -0.201. The number of methoxy groups -OCH3 is 2. The molecule has 27 heavy (non-hydrogen) atoms. The lowest BCUT2D eigenvalue weighted by atomic mass is 9.96. The lowest BCUT2D eigenvalue weighted by molar-refractivity contribution is 0.390. The summed E-state index contributed by atoms with van der Waals surface area (Å²) >= 11 is 0. The SMILES string of the molecule is CN=C(NCc1ccc(OC)cc1OC)NCC1(c2ccc(F)cc2)CC1. The molecule has 0 unspecified atom stereocenters. The van der Waals surface area contributed by atoms with Crippen molar-refractivity contribution in [3.05, 3.63) is 59.4 Å². The van der Waals surface area contributed by atoms with Gasteiger partial charge in [-0.3, -0.25) is 4.99 Å². The van der Waals surface area contributed by atoms with Crippen LogP contribution in [0.3, 0.4) is 0 Å². The fourth-order valence-electron chi connectivity index (χ4n) is 3.17. The van der Waals surface area contributed by atoms with Crippen LogP contribution in [-0.4, -0.2) is 33.8 Å². The minimum Gasteiger partial charge on any atom is -0.497 e. The zero-order valence-electron chi connectivity index (χ0n) is 16.0. The van der Waals surface area contributed by atoms with E-state index in [4.69, 9.17) is 9.47 Å². The number of benzene rings is 2. The first-order chi connectivity index (χ1) is 13.1. The van der Waals surface area contributed by atoms with Crippen molar-refractivity contribution in [3.63, 3.8) is 0 Å². The molecule has 0 amide bonds. The van der Waals surface area contributed by atoms with Crippen LogP contribution in [0.15, 0.2) is 47.5 Å². The number of nitrogens with zero attached hydrogens (tertiary/aromatic N) is 1. The van der Waals surface area contributed by atoms with E-state index in [-0.39, 0.29) is 11.2 Å². The Morgan fingerprint density at radius 1 is 1.07 bits per heavy atom. The van der Waals surface area contributed by atoms with Crippen molar-refractivity contribution in [2.75, 3.05) is 27.8 Å². The second-order valence-electron chi connectivity index (χ2n) is 6.74. The second kappa shape index (κ2) is 8.29. The summed E-state index contributed by atoms with van der Waals surface area (Å²) in [6.45, 7) is 1.34. The predicted octanol–water partition coefficient (Wildman–Crippen LogP) is 3.24. The van der Waals surface area contributed by atoms with E-state index in [1.165, 1.54) is 17.7 Å². The topological polar surface area (TPSA) is 54.9 Å². The van der Waals surface area contributed by atoms with Crippen molar-refractivity contribution in [1.82, 2.24) is 10.6 Å². The quantitative estimate of drug-likeness (QED) is 0.580. The van der Waals surface area contributed by atoms with Crippen molar-refractivity contribution < 1.29 is 13.9 Å². The molecule has 0 heterocycles. The Hall–Kier alpha value is -2.76. The summed E-state index contributed by atoms with van der Waals surface area (Å²) < 4.78 is 23.8. The second-order valence-corrected chi connectivity index (χ2v) is 6.74. The highest BCUT2D eigenvalue weighted by Crippen LogP contribution is 2.47. The van der Waals surface area contributed by atoms with Gasteiger partial charge in [0.2, 0.25) is 0 Å². The fraction of sp³-hybridized carbons (Fsp3) is 0.381. The van der Waals surface area contributed by atoms with E-state index in [0.717, 1.165) is 42.4 Å². The molecule has 1 aliphatic rings. The third-order valence-corrected chi connectivity index (χ3v) is 5.07. The standard InChI is InChI=1S/C21H26FN3O2/c1-23-20(24-13-15-4-9-18(26-2)12-19(15)27-3)25-14-21(10-11-21)16-5-7-17(22)8-6-16/h4-9,12H,10-11,13-14H2,1-3H3,(H2,23,24,25). The molecule has 5 nitrogen and oxygen atoms in total. The van der Waals surface area contributed by atoms with Crippen LogP contribution < -0.4 is 20.1 Å². The Kier molecular flexibility index (Phi) is 5.84. The first-order valence-corrected chi connectivity index (χ1v) is 9.02. The highest BCUT2D eigenvalue weighted by molar-refractivity contribution is 5.80. The number of hydrogen-bond donors (Lipinski definition) is 2. The van der Waals surface area contributed by atoms with Crippen LogP contribution in [0.4, 0.5) is 4.39 Å². The van der Waals surface area contributed by atoms with E-state index in [9.17, 15) is 4.39 Å². The van der Waals surface area contributed by atoms with Crippen molar-refractivity contribution in [3.8, 4) is 11.5 Å². The summed E-state index contributed by atoms with van der Waals surface area (Å²) in [5.74, 6) is 2.05. The van der Waals surface area contributed by atoms with Crippen molar-refractivity contribution in [2.24, 2.45) is 4.99 Å². The number of halogens is 1. The van der Waals surface area contributed by atoms with Gasteiger partial charge in [-0.25, -0.2) is 4.39 Å². The van der Waals surface area contributed by atoms with Gasteiger partial charge >= 0.3 is 0 Å². The zero-order chi connectivity index (χ0) is 19.3. The molecular formula is C21H26FN3O2. The molecule has 3 rings (SSSR count). The van der Waals surface area contributed by atoms with Gasteiger partial charge in [0.15, 0.2) is 5.96 Å². The van der Waals surface area contributed by atoms with Gasteiger partial charge in [-0.2, -0.15) is 0 Å². The largest absolute Gasteiger partial charge is 0.497 e. The van der Waals surface area contributed by atoms with E-state index >= 15 is 0 Å². The van der Waals surface area contributed by atoms with Crippen LogP contribution in [0.5, 0.6) is 11.5 Å². The first kappa shape index (κ1) is 19.0. The Balaban J connectivity index is 1.58. The molecule has 1 fully saturated rings. The van der Waals surface area contributed by atoms with Crippen LogP contribution in [0.25, 0.3) is 0 Å². The fourth-order valence-corrected chi connectivity index (χ4v) is 3.17. The van der Waals surface area contributed by atoms with Crippen molar-refractivity contribution in [2.45, 2.75) is 24.8 Å². The molecule has 1 aliphatic carbocycles. The lowest BCUT2D eigenvalue weighted by Crippen LogP contribution is -2.40. The number of aliphatic imine (C=N–C) groups is 1. The summed E-state index contributed by atoms with van der Waals surface area (Å²) in [5, 5.41) is 6.71. The number of nitrogens with one attached hydrogen (secondary N) is 2. The zero-order valence-corrected chi connectivity index (χ0v) is 16.0. The van der Waals surface area contributed by atoms with Gasteiger partial charge in [-0.15, -0.1) is 0 Å². The van der Waals surface area contributed by atoms with Crippen molar-refractivity contribution in [1.29, 1.82) is 0 Å². The summed E-state index contributed by atoms with van der Waals surface area (Å²) in [6.07, 6.45) is 2.18. The summed E-state index contributed by atoms with van der Waals surface area (Å²) in [6, 6.07) is 12.5. The molecule has 1 saturated carbocycles. The van der Waals surface area contributed by atoms with Crippen LogP contribution in [0, 0.1) is 5.82 Å². The summed E-state index contributed by atoms with van der Waals surface area (Å²) in [4.78, 5) is 4.30. The van der Waals surface area contributed by atoms with Gasteiger partial charge in [-0.05, 0) is 42.7 Å². The Labute approximate surface area is 159 Å². The average molecular weight is 371 g/mol. The van der Waals surface area contributed by atoms with Crippen LogP contribution >= 0.6 is 0 Å². The smallest absolute Gasteiger partial charge is 0.191 e. The molecule has 6 heteroatoms. The maximum absolute atomic E-state index is 13.2. The molecule has 0 aromatic heterocycles. The van der Waals surface area contributed by atoms with E-state index in [0.29, 0.717) is 6.54 Å². The predicted molar refractivity (Wildman–Crippen MR) is 105 cm³/mol. The van der Waals surface area contributed by atoms with Gasteiger partial charge in [0.25, 0.3) is 0 Å². The molecule has 2 aromatic carbocycles. The van der Waals surface area contributed by atoms with Gasteiger partial charge in [-0.1, -0.05) is 12.1 Å². The number of rotatable bonds is 7. The molecule has 0 spiro atoms. The number of hydrogen-bond acceptors (Lipinski definition) is 3. The maximum Gasteiger partial charge on any atom is 0.191 e. The maximum atomic E-state index is 13.2. The Morgan fingerprint density at radius 3 is 2.41 bits per heavy atom. The number of guanidine groups is 1. The molecule has 0 bridgehead atoms. The lowest BCUT2D eigenvalue weighted by Gasteiger charge is -2.19. The average Bonchev–Trinajstić information content (AvgIpc) is 3.49. The van der Waals surface area contributed by atoms with E-state index < -0.39 is 0 Å².